The lowest BCUT2D eigenvalue weighted by Crippen LogP contribution is -2.43. The van der Waals surface area contributed by atoms with Crippen LogP contribution in [0.15, 0.2) is 12.4 Å². The number of aromatic nitrogens is 2. The van der Waals surface area contributed by atoms with Gasteiger partial charge < -0.3 is 19.5 Å². The largest absolute Gasteiger partial charge is 0.449 e. The van der Waals surface area contributed by atoms with Crippen molar-refractivity contribution in [1.82, 2.24) is 19.8 Å². The molecule has 0 bridgehead atoms. The van der Waals surface area contributed by atoms with Crippen LogP contribution in [0.25, 0.3) is 0 Å². The van der Waals surface area contributed by atoms with Gasteiger partial charge in [-0.15, -0.1) is 0 Å². The van der Waals surface area contributed by atoms with E-state index >= 15 is 0 Å². The van der Waals surface area contributed by atoms with E-state index in [0.717, 1.165) is 12.2 Å². The highest BCUT2D eigenvalue weighted by Crippen LogP contribution is 2.08. The van der Waals surface area contributed by atoms with E-state index in [1.807, 2.05) is 18.4 Å². The van der Waals surface area contributed by atoms with Crippen LogP contribution in [0.5, 0.6) is 0 Å². The van der Waals surface area contributed by atoms with Gasteiger partial charge in [-0.2, -0.15) is 0 Å². The number of ether oxygens (including phenoxy) is 1. The maximum Gasteiger partial charge on any atom is 0.409 e. The highest BCUT2D eigenvalue weighted by molar-refractivity contribution is 5.80. The average molecular weight is 280 g/mol. The molecule has 1 N–H and O–H groups in total. The Morgan fingerprint density at radius 2 is 2.40 bits per heavy atom. The minimum absolute atomic E-state index is 0.0866. The van der Waals surface area contributed by atoms with Crippen LogP contribution >= 0.6 is 0 Å². The molecule has 1 atom stereocenters. The van der Waals surface area contributed by atoms with Gasteiger partial charge in [-0.25, -0.2) is 9.78 Å². The van der Waals surface area contributed by atoms with Gasteiger partial charge in [0.25, 0.3) is 0 Å². The summed E-state index contributed by atoms with van der Waals surface area (Å²) in [6, 6.07) is -0.314. The second-order valence-electron chi connectivity index (χ2n) is 4.80. The number of nitrogens with zero attached hydrogens (tertiary/aromatic N) is 3. The molecule has 1 aliphatic rings. The molecule has 110 valence electrons. The van der Waals surface area contributed by atoms with E-state index in [9.17, 15) is 9.59 Å². The van der Waals surface area contributed by atoms with Crippen LogP contribution in [0, 0.1) is 6.92 Å². The van der Waals surface area contributed by atoms with Gasteiger partial charge in [-0.05, 0) is 20.3 Å². The molecule has 1 aromatic heterocycles. The summed E-state index contributed by atoms with van der Waals surface area (Å²) in [6.45, 7) is 5.74. The summed E-state index contributed by atoms with van der Waals surface area (Å²) in [5.74, 6) is 0.712. The summed E-state index contributed by atoms with van der Waals surface area (Å²) in [6.07, 6.45) is 3.98. The Balaban J connectivity index is 1.77. The SMILES string of the molecule is Cc1nccn1C(C)C(=O)NCCN1CCCOC1=O. The Morgan fingerprint density at radius 3 is 3.05 bits per heavy atom. The van der Waals surface area contributed by atoms with Gasteiger partial charge in [-0.1, -0.05) is 0 Å². The minimum Gasteiger partial charge on any atom is -0.449 e. The number of rotatable bonds is 5. The molecule has 1 aliphatic heterocycles. The first-order valence-corrected chi connectivity index (χ1v) is 6.78. The molecule has 2 rings (SSSR count). The van der Waals surface area contributed by atoms with Crippen molar-refractivity contribution in [2.75, 3.05) is 26.2 Å². The lowest BCUT2D eigenvalue weighted by Gasteiger charge is -2.26. The van der Waals surface area contributed by atoms with Crippen LogP contribution in [-0.2, 0) is 9.53 Å². The molecule has 0 spiro atoms. The first kappa shape index (κ1) is 14.4. The number of cyclic esters (lactones) is 1. The molecule has 20 heavy (non-hydrogen) atoms. The lowest BCUT2D eigenvalue weighted by molar-refractivity contribution is -0.124. The molecule has 2 amide bonds. The van der Waals surface area contributed by atoms with Crippen molar-refractivity contribution in [2.24, 2.45) is 0 Å². The summed E-state index contributed by atoms with van der Waals surface area (Å²) in [4.78, 5) is 29.1. The first-order valence-electron chi connectivity index (χ1n) is 6.78. The zero-order valence-corrected chi connectivity index (χ0v) is 11.8. The summed E-state index contributed by atoms with van der Waals surface area (Å²) in [5, 5.41) is 2.83. The van der Waals surface area contributed by atoms with Gasteiger partial charge in [0, 0.05) is 32.0 Å². The molecular weight excluding hydrogens is 260 g/mol. The van der Waals surface area contributed by atoms with Crippen molar-refractivity contribution < 1.29 is 14.3 Å². The molecule has 2 heterocycles. The van der Waals surface area contributed by atoms with Crippen LogP contribution in [0.4, 0.5) is 4.79 Å². The molecule has 0 saturated carbocycles. The summed E-state index contributed by atoms with van der Waals surface area (Å²) in [7, 11) is 0. The fraction of sp³-hybridized carbons (Fsp3) is 0.615. The average Bonchev–Trinajstić information content (AvgIpc) is 2.86. The van der Waals surface area contributed by atoms with Gasteiger partial charge >= 0.3 is 6.09 Å². The second kappa shape index (κ2) is 6.40. The molecule has 1 unspecified atom stereocenters. The quantitative estimate of drug-likeness (QED) is 0.862. The van der Waals surface area contributed by atoms with E-state index in [1.165, 1.54) is 0 Å². The molecule has 1 fully saturated rings. The van der Waals surface area contributed by atoms with E-state index in [4.69, 9.17) is 4.74 Å². The van der Waals surface area contributed by atoms with Gasteiger partial charge in [-0.3, -0.25) is 4.79 Å². The van der Waals surface area contributed by atoms with Crippen LogP contribution < -0.4 is 5.32 Å². The molecule has 7 nitrogen and oxygen atoms in total. The maximum absolute atomic E-state index is 12.0. The second-order valence-corrected chi connectivity index (χ2v) is 4.80. The fourth-order valence-corrected chi connectivity index (χ4v) is 2.19. The number of imidazole rings is 1. The molecule has 1 aromatic rings. The monoisotopic (exact) mass is 280 g/mol. The Morgan fingerprint density at radius 1 is 1.60 bits per heavy atom. The molecule has 0 radical (unpaired) electrons. The number of hydrogen-bond donors (Lipinski definition) is 1. The molecule has 0 aliphatic carbocycles. The van der Waals surface area contributed by atoms with Gasteiger partial charge in [0.05, 0.1) is 6.61 Å². The maximum atomic E-state index is 12.0. The molecule has 7 heteroatoms. The first-order chi connectivity index (χ1) is 9.59. The normalized spacial score (nSPS) is 16.7. The third-order valence-corrected chi connectivity index (χ3v) is 3.40. The standard InChI is InChI=1S/C13H20N4O3/c1-10(17-8-5-14-11(17)2)12(18)15-4-7-16-6-3-9-20-13(16)19/h5,8,10H,3-4,6-7,9H2,1-2H3,(H,15,18). The van der Waals surface area contributed by atoms with Crippen LogP contribution in [0.1, 0.15) is 25.2 Å². The van der Waals surface area contributed by atoms with Crippen LogP contribution in [-0.4, -0.2) is 52.7 Å². The lowest BCUT2D eigenvalue weighted by atomic mass is 10.3. The minimum atomic E-state index is -0.314. The topological polar surface area (TPSA) is 76.5 Å². The predicted molar refractivity (Wildman–Crippen MR) is 72.2 cm³/mol. The van der Waals surface area contributed by atoms with Gasteiger partial charge in [0.15, 0.2) is 0 Å². The number of hydrogen-bond acceptors (Lipinski definition) is 4. The number of carbonyl (C=O) groups is 2. The summed E-state index contributed by atoms with van der Waals surface area (Å²) >= 11 is 0. The molecular formula is C13H20N4O3. The number of amides is 2. The van der Waals surface area contributed by atoms with E-state index < -0.39 is 0 Å². The Kier molecular flexibility index (Phi) is 4.60. The van der Waals surface area contributed by atoms with E-state index in [1.54, 1.807) is 17.3 Å². The highest BCUT2D eigenvalue weighted by Gasteiger charge is 2.20. The number of carbonyl (C=O) groups excluding carboxylic acids is 2. The predicted octanol–water partition coefficient (Wildman–Crippen LogP) is 0.711. The van der Waals surface area contributed by atoms with Crippen molar-refractivity contribution >= 4 is 12.0 Å². The third kappa shape index (κ3) is 3.28. The zero-order valence-electron chi connectivity index (χ0n) is 11.8. The van der Waals surface area contributed by atoms with E-state index in [2.05, 4.69) is 10.3 Å². The fourth-order valence-electron chi connectivity index (χ4n) is 2.19. The van der Waals surface area contributed by atoms with Crippen LogP contribution in [0.2, 0.25) is 0 Å². The summed E-state index contributed by atoms with van der Waals surface area (Å²) < 4.78 is 6.74. The molecule has 1 saturated heterocycles. The van der Waals surface area contributed by atoms with Crippen molar-refractivity contribution in [1.29, 1.82) is 0 Å². The van der Waals surface area contributed by atoms with Crippen molar-refractivity contribution in [3.63, 3.8) is 0 Å². The van der Waals surface area contributed by atoms with Crippen molar-refractivity contribution in [3.05, 3.63) is 18.2 Å². The van der Waals surface area contributed by atoms with Crippen molar-refractivity contribution in [3.8, 4) is 0 Å². The zero-order chi connectivity index (χ0) is 14.5. The van der Waals surface area contributed by atoms with E-state index in [0.29, 0.717) is 26.2 Å². The van der Waals surface area contributed by atoms with Crippen molar-refractivity contribution in [2.45, 2.75) is 26.3 Å². The Labute approximate surface area is 117 Å². The summed E-state index contributed by atoms with van der Waals surface area (Å²) in [5.41, 5.74) is 0. The third-order valence-electron chi connectivity index (χ3n) is 3.40. The van der Waals surface area contributed by atoms with Gasteiger partial charge in [0.2, 0.25) is 5.91 Å². The highest BCUT2D eigenvalue weighted by atomic mass is 16.6. The smallest absolute Gasteiger partial charge is 0.409 e. The Hall–Kier alpha value is -2.05. The van der Waals surface area contributed by atoms with Crippen LogP contribution in [0.3, 0.4) is 0 Å². The molecule has 0 aromatic carbocycles. The van der Waals surface area contributed by atoms with Gasteiger partial charge in [0.1, 0.15) is 11.9 Å². The Bertz CT molecular complexity index is 486. The number of nitrogens with one attached hydrogen (secondary N) is 1. The number of aryl methyl sites for hydroxylation is 1. The van der Waals surface area contributed by atoms with E-state index in [-0.39, 0.29) is 18.0 Å².